The first-order valence-electron chi connectivity index (χ1n) is 7.02. The van der Waals surface area contributed by atoms with E-state index >= 15 is 0 Å². The molecule has 1 aromatic rings. The molecule has 1 N–H and O–H groups in total. The largest absolute Gasteiger partial charge is 0.383 e. The summed E-state index contributed by atoms with van der Waals surface area (Å²) in [5.74, 6) is 0. The van der Waals surface area contributed by atoms with Crippen molar-refractivity contribution in [1.82, 2.24) is 9.78 Å². The number of aromatic nitrogens is 2. The van der Waals surface area contributed by atoms with Gasteiger partial charge in [0.05, 0.1) is 11.9 Å². The van der Waals surface area contributed by atoms with Crippen LogP contribution in [0.2, 0.25) is 0 Å². The Labute approximate surface area is 106 Å². The Bertz CT molecular complexity index is 291. The highest BCUT2D eigenvalue weighted by molar-refractivity contribution is 5.37. The zero-order chi connectivity index (χ0) is 12.5. The van der Waals surface area contributed by atoms with Gasteiger partial charge in [0.15, 0.2) is 0 Å². The van der Waals surface area contributed by atoms with Crippen LogP contribution >= 0.6 is 0 Å². The maximum atomic E-state index is 4.31. The van der Waals surface area contributed by atoms with Crippen molar-refractivity contribution in [2.24, 2.45) is 0 Å². The van der Waals surface area contributed by atoms with Crippen LogP contribution in [0, 0.1) is 0 Å². The first-order valence-corrected chi connectivity index (χ1v) is 7.02. The van der Waals surface area contributed by atoms with Gasteiger partial charge in [-0.25, -0.2) is 0 Å². The second kappa shape index (κ2) is 8.15. The number of hydrogen-bond acceptors (Lipinski definition) is 2. The lowest BCUT2D eigenvalue weighted by Gasteiger charge is -2.05. The summed E-state index contributed by atoms with van der Waals surface area (Å²) < 4.78 is 1.99. The summed E-state index contributed by atoms with van der Waals surface area (Å²) in [6.45, 7) is 7.61. The number of hydrogen-bond donors (Lipinski definition) is 1. The molecule has 0 saturated heterocycles. The summed E-state index contributed by atoms with van der Waals surface area (Å²) in [4.78, 5) is 0. The van der Waals surface area contributed by atoms with E-state index in [4.69, 9.17) is 0 Å². The van der Waals surface area contributed by atoms with Crippen molar-refractivity contribution >= 4 is 5.69 Å². The molecule has 1 heterocycles. The first kappa shape index (κ1) is 14.1. The second-order valence-electron chi connectivity index (χ2n) is 5.00. The molecule has 98 valence electrons. The SMILES string of the molecule is CCCCCCCCNc1cnn(C(C)C)c1. The minimum atomic E-state index is 0.444. The molecule has 0 aromatic carbocycles. The zero-order valence-electron chi connectivity index (χ0n) is 11.6. The zero-order valence-corrected chi connectivity index (χ0v) is 11.6. The van der Waals surface area contributed by atoms with Crippen LogP contribution in [0.5, 0.6) is 0 Å². The number of anilines is 1. The van der Waals surface area contributed by atoms with Crippen LogP contribution in [-0.2, 0) is 0 Å². The van der Waals surface area contributed by atoms with Crippen LogP contribution in [-0.4, -0.2) is 16.3 Å². The van der Waals surface area contributed by atoms with E-state index in [0.717, 1.165) is 12.2 Å². The van der Waals surface area contributed by atoms with Crippen molar-refractivity contribution < 1.29 is 0 Å². The summed E-state index contributed by atoms with van der Waals surface area (Å²) in [7, 11) is 0. The molecule has 0 bridgehead atoms. The van der Waals surface area contributed by atoms with E-state index in [1.54, 1.807) is 0 Å². The molecule has 0 atom stereocenters. The van der Waals surface area contributed by atoms with Gasteiger partial charge in [-0.1, -0.05) is 39.0 Å². The lowest BCUT2D eigenvalue weighted by Crippen LogP contribution is -2.02. The molecule has 0 aliphatic heterocycles. The molecule has 0 aliphatic carbocycles. The number of nitrogens with one attached hydrogen (secondary N) is 1. The van der Waals surface area contributed by atoms with Crippen molar-refractivity contribution in [3.8, 4) is 0 Å². The maximum absolute atomic E-state index is 4.31. The van der Waals surface area contributed by atoms with Gasteiger partial charge in [-0.05, 0) is 20.3 Å². The maximum Gasteiger partial charge on any atom is 0.0726 e. The van der Waals surface area contributed by atoms with E-state index < -0.39 is 0 Å². The van der Waals surface area contributed by atoms with E-state index in [1.165, 1.54) is 38.5 Å². The summed E-state index contributed by atoms with van der Waals surface area (Å²) in [5, 5.41) is 7.74. The highest BCUT2D eigenvalue weighted by Gasteiger charge is 2.00. The van der Waals surface area contributed by atoms with Gasteiger partial charge in [-0.15, -0.1) is 0 Å². The molecule has 0 fully saturated rings. The molecule has 3 nitrogen and oxygen atoms in total. The van der Waals surface area contributed by atoms with E-state index in [1.807, 2.05) is 10.9 Å². The van der Waals surface area contributed by atoms with Gasteiger partial charge in [0.25, 0.3) is 0 Å². The lowest BCUT2D eigenvalue weighted by molar-refractivity contribution is 0.532. The molecular weight excluding hydrogens is 210 g/mol. The monoisotopic (exact) mass is 237 g/mol. The normalized spacial score (nSPS) is 11.1. The lowest BCUT2D eigenvalue weighted by atomic mass is 10.1. The third-order valence-electron chi connectivity index (χ3n) is 2.99. The molecule has 17 heavy (non-hydrogen) atoms. The Morgan fingerprint density at radius 3 is 2.53 bits per heavy atom. The topological polar surface area (TPSA) is 29.9 Å². The van der Waals surface area contributed by atoms with Gasteiger partial charge in [-0.2, -0.15) is 5.10 Å². The fourth-order valence-corrected chi connectivity index (χ4v) is 1.85. The second-order valence-corrected chi connectivity index (χ2v) is 5.00. The Hall–Kier alpha value is -0.990. The Kier molecular flexibility index (Phi) is 6.75. The minimum Gasteiger partial charge on any atom is -0.383 e. The van der Waals surface area contributed by atoms with E-state index in [-0.39, 0.29) is 0 Å². The number of unbranched alkanes of at least 4 members (excludes halogenated alkanes) is 5. The van der Waals surface area contributed by atoms with E-state index in [0.29, 0.717) is 6.04 Å². The Balaban J connectivity index is 2.05. The highest BCUT2D eigenvalue weighted by atomic mass is 15.3. The average molecular weight is 237 g/mol. The van der Waals surface area contributed by atoms with Crippen molar-refractivity contribution in [1.29, 1.82) is 0 Å². The van der Waals surface area contributed by atoms with Gasteiger partial charge in [0.2, 0.25) is 0 Å². The number of nitrogens with zero attached hydrogens (tertiary/aromatic N) is 2. The van der Waals surface area contributed by atoms with Crippen molar-refractivity contribution in [3.63, 3.8) is 0 Å². The van der Waals surface area contributed by atoms with Gasteiger partial charge in [-0.3, -0.25) is 4.68 Å². The molecule has 1 aromatic heterocycles. The first-order chi connectivity index (χ1) is 8.24. The van der Waals surface area contributed by atoms with Crippen LogP contribution < -0.4 is 5.32 Å². The molecule has 0 amide bonds. The molecule has 1 rings (SSSR count). The van der Waals surface area contributed by atoms with Gasteiger partial charge in [0, 0.05) is 18.8 Å². The molecule has 3 heteroatoms. The van der Waals surface area contributed by atoms with E-state index in [9.17, 15) is 0 Å². The van der Waals surface area contributed by atoms with Crippen molar-refractivity contribution in [2.75, 3.05) is 11.9 Å². The molecule has 0 unspecified atom stereocenters. The van der Waals surface area contributed by atoms with Crippen molar-refractivity contribution in [3.05, 3.63) is 12.4 Å². The van der Waals surface area contributed by atoms with Gasteiger partial charge in [0.1, 0.15) is 0 Å². The Morgan fingerprint density at radius 2 is 1.88 bits per heavy atom. The minimum absolute atomic E-state index is 0.444. The predicted molar refractivity (Wildman–Crippen MR) is 74.5 cm³/mol. The smallest absolute Gasteiger partial charge is 0.0726 e. The predicted octanol–water partition coefficient (Wildman–Crippen LogP) is 4.24. The van der Waals surface area contributed by atoms with Gasteiger partial charge >= 0.3 is 0 Å². The third kappa shape index (κ3) is 5.76. The summed E-state index contributed by atoms with van der Waals surface area (Å²) in [6.07, 6.45) is 12.1. The molecular formula is C14H27N3. The Morgan fingerprint density at radius 1 is 1.18 bits per heavy atom. The highest BCUT2D eigenvalue weighted by Crippen LogP contribution is 2.10. The molecule has 0 spiro atoms. The quantitative estimate of drug-likeness (QED) is 0.651. The standard InChI is InChI=1S/C14H27N3/c1-4-5-6-7-8-9-10-15-14-11-16-17(12-14)13(2)3/h11-13,15H,4-10H2,1-3H3. The van der Waals surface area contributed by atoms with Gasteiger partial charge < -0.3 is 5.32 Å². The summed E-state index contributed by atoms with van der Waals surface area (Å²) in [6, 6.07) is 0.444. The molecule has 0 aliphatic rings. The summed E-state index contributed by atoms with van der Waals surface area (Å²) in [5.41, 5.74) is 1.15. The third-order valence-corrected chi connectivity index (χ3v) is 2.99. The van der Waals surface area contributed by atoms with Crippen LogP contribution in [0.15, 0.2) is 12.4 Å². The number of rotatable bonds is 9. The molecule has 0 saturated carbocycles. The fraction of sp³-hybridized carbons (Fsp3) is 0.786. The van der Waals surface area contributed by atoms with Crippen LogP contribution in [0.1, 0.15) is 65.3 Å². The fourth-order valence-electron chi connectivity index (χ4n) is 1.85. The van der Waals surface area contributed by atoms with Crippen LogP contribution in [0.4, 0.5) is 5.69 Å². The van der Waals surface area contributed by atoms with Crippen LogP contribution in [0.25, 0.3) is 0 Å². The van der Waals surface area contributed by atoms with E-state index in [2.05, 4.69) is 37.4 Å². The summed E-state index contributed by atoms with van der Waals surface area (Å²) >= 11 is 0. The molecule has 0 radical (unpaired) electrons. The average Bonchev–Trinajstić information content (AvgIpc) is 2.77. The van der Waals surface area contributed by atoms with Crippen LogP contribution in [0.3, 0.4) is 0 Å². The van der Waals surface area contributed by atoms with Crippen molar-refractivity contribution in [2.45, 2.75) is 65.3 Å².